The summed E-state index contributed by atoms with van der Waals surface area (Å²) in [4.78, 5) is 12.1. The van der Waals surface area contributed by atoms with Gasteiger partial charge in [-0.25, -0.2) is 8.78 Å². The van der Waals surface area contributed by atoms with Crippen LogP contribution in [-0.4, -0.2) is 12.3 Å². The molecule has 1 aromatic carbocycles. The lowest BCUT2D eigenvalue weighted by molar-refractivity contribution is -0.123. The standard InChI is InChI=1S/C14H17F2NO/c15-12-5-4-9(6-13(12)16)7-14(18)11-3-1-2-10(11)8-17/h4-6,10-11H,1-3,7-8,17H2. The molecule has 4 heteroatoms. The molecule has 0 amide bonds. The van der Waals surface area contributed by atoms with E-state index < -0.39 is 11.6 Å². The predicted octanol–water partition coefficient (Wildman–Crippen LogP) is 2.45. The number of Topliss-reactive ketones (excluding diaryl/α,β-unsaturated/α-hetero) is 1. The van der Waals surface area contributed by atoms with Crippen LogP contribution in [0.1, 0.15) is 24.8 Å². The van der Waals surface area contributed by atoms with Gasteiger partial charge in [-0.3, -0.25) is 4.79 Å². The quantitative estimate of drug-likeness (QED) is 0.895. The third kappa shape index (κ3) is 2.75. The van der Waals surface area contributed by atoms with Crippen molar-refractivity contribution in [3.05, 3.63) is 35.4 Å². The van der Waals surface area contributed by atoms with E-state index in [2.05, 4.69) is 0 Å². The second-order valence-corrected chi connectivity index (χ2v) is 4.92. The Bertz CT molecular complexity index is 447. The van der Waals surface area contributed by atoms with E-state index in [-0.39, 0.29) is 24.0 Å². The molecule has 0 aromatic heterocycles. The highest BCUT2D eigenvalue weighted by atomic mass is 19.2. The van der Waals surface area contributed by atoms with E-state index in [9.17, 15) is 13.6 Å². The van der Waals surface area contributed by atoms with Gasteiger partial charge in [-0.05, 0) is 43.0 Å². The van der Waals surface area contributed by atoms with Crippen molar-refractivity contribution in [1.29, 1.82) is 0 Å². The number of hydrogen-bond acceptors (Lipinski definition) is 2. The summed E-state index contributed by atoms with van der Waals surface area (Å²) in [5, 5.41) is 0. The summed E-state index contributed by atoms with van der Waals surface area (Å²) < 4.78 is 25.8. The van der Waals surface area contributed by atoms with Crippen molar-refractivity contribution in [2.24, 2.45) is 17.6 Å². The zero-order chi connectivity index (χ0) is 13.1. The SMILES string of the molecule is NCC1CCCC1C(=O)Cc1ccc(F)c(F)c1. The van der Waals surface area contributed by atoms with Crippen molar-refractivity contribution in [3.8, 4) is 0 Å². The molecule has 98 valence electrons. The monoisotopic (exact) mass is 253 g/mol. The Hall–Kier alpha value is -1.29. The number of hydrogen-bond donors (Lipinski definition) is 1. The van der Waals surface area contributed by atoms with Crippen molar-refractivity contribution < 1.29 is 13.6 Å². The highest BCUT2D eigenvalue weighted by Gasteiger charge is 2.31. The molecule has 0 aliphatic heterocycles. The maximum absolute atomic E-state index is 13.0. The number of carbonyl (C=O) groups is 1. The van der Waals surface area contributed by atoms with Gasteiger partial charge in [0.05, 0.1) is 0 Å². The molecule has 18 heavy (non-hydrogen) atoms. The maximum atomic E-state index is 13.0. The predicted molar refractivity (Wildman–Crippen MR) is 65.0 cm³/mol. The third-order valence-electron chi connectivity index (χ3n) is 3.74. The van der Waals surface area contributed by atoms with Gasteiger partial charge in [0.1, 0.15) is 5.78 Å². The molecule has 1 aromatic rings. The molecule has 2 atom stereocenters. The van der Waals surface area contributed by atoms with Crippen molar-refractivity contribution in [1.82, 2.24) is 0 Å². The molecule has 1 aliphatic rings. The fraction of sp³-hybridized carbons (Fsp3) is 0.500. The molecular weight excluding hydrogens is 236 g/mol. The molecule has 1 aliphatic carbocycles. The van der Waals surface area contributed by atoms with Crippen molar-refractivity contribution in [2.45, 2.75) is 25.7 Å². The zero-order valence-corrected chi connectivity index (χ0v) is 10.2. The first kappa shape index (κ1) is 13.1. The van der Waals surface area contributed by atoms with Crippen molar-refractivity contribution in [3.63, 3.8) is 0 Å². The summed E-state index contributed by atoms with van der Waals surface area (Å²) in [6.45, 7) is 0.522. The van der Waals surface area contributed by atoms with E-state index in [1.165, 1.54) is 6.07 Å². The summed E-state index contributed by atoms with van der Waals surface area (Å²) in [5.74, 6) is -1.45. The number of nitrogens with two attached hydrogens (primary N) is 1. The lowest BCUT2D eigenvalue weighted by Gasteiger charge is -2.16. The molecule has 1 fully saturated rings. The van der Waals surface area contributed by atoms with E-state index >= 15 is 0 Å². The molecule has 0 bridgehead atoms. The molecule has 0 heterocycles. The molecule has 0 spiro atoms. The Balaban J connectivity index is 2.04. The van der Waals surface area contributed by atoms with Crippen molar-refractivity contribution in [2.75, 3.05) is 6.54 Å². The van der Waals surface area contributed by atoms with Crippen LogP contribution < -0.4 is 5.73 Å². The van der Waals surface area contributed by atoms with Crippen LogP contribution in [0.2, 0.25) is 0 Å². The molecule has 0 radical (unpaired) electrons. The van der Waals surface area contributed by atoms with Crippen LogP contribution in [0.5, 0.6) is 0 Å². The third-order valence-corrected chi connectivity index (χ3v) is 3.74. The van der Waals surface area contributed by atoms with Crippen LogP contribution in [0.4, 0.5) is 8.78 Å². The topological polar surface area (TPSA) is 43.1 Å². The molecule has 2 unspecified atom stereocenters. The van der Waals surface area contributed by atoms with E-state index in [4.69, 9.17) is 5.73 Å². The zero-order valence-electron chi connectivity index (χ0n) is 10.2. The summed E-state index contributed by atoms with van der Waals surface area (Å²) in [5.41, 5.74) is 6.17. The van der Waals surface area contributed by atoms with Gasteiger partial charge in [-0.2, -0.15) is 0 Å². The van der Waals surface area contributed by atoms with Gasteiger partial charge in [0.25, 0.3) is 0 Å². The first-order valence-corrected chi connectivity index (χ1v) is 6.28. The molecule has 2 rings (SSSR count). The second kappa shape index (κ2) is 5.57. The van der Waals surface area contributed by atoms with Crippen LogP contribution in [0.3, 0.4) is 0 Å². The van der Waals surface area contributed by atoms with E-state index in [1.54, 1.807) is 0 Å². The highest BCUT2D eigenvalue weighted by Crippen LogP contribution is 2.32. The van der Waals surface area contributed by atoms with Crippen LogP contribution >= 0.6 is 0 Å². The van der Waals surface area contributed by atoms with Gasteiger partial charge in [-0.1, -0.05) is 12.5 Å². The van der Waals surface area contributed by atoms with Gasteiger partial charge >= 0.3 is 0 Å². The minimum Gasteiger partial charge on any atom is -0.330 e. The lowest BCUT2D eigenvalue weighted by Crippen LogP contribution is -2.26. The number of carbonyl (C=O) groups excluding carboxylic acids is 1. The number of ketones is 1. The average Bonchev–Trinajstić information content (AvgIpc) is 2.82. The van der Waals surface area contributed by atoms with E-state index in [0.29, 0.717) is 12.1 Å². The Labute approximate surface area is 105 Å². The Morgan fingerprint density at radius 2 is 2.06 bits per heavy atom. The van der Waals surface area contributed by atoms with E-state index in [0.717, 1.165) is 31.4 Å². The summed E-state index contributed by atoms with van der Waals surface area (Å²) in [6.07, 6.45) is 3.05. The van der Waals surface area contributed by atoms with Gasteiger partial charge in [0, 0.05) is 12.3 Å². The molecular formula is C14H17F2NO. The van der Waals surface area contributed by atoms with Gasteiger partial charge in [0.2, 0.25) is 0 Å². The molecule has 1 saturated carbocycles. The fourth-order valence-electron chi connectivity index (χ4n) is 2.72. The van der Waals surface area contributed by atoms with Crippen LogP contribution in [0.25, 0.3) is 0 Å². The first-order chi connectivity index (χ1) is 8.61. The van der Waals surface area contributed by atoms with Crippen LogP contribution in [0.15, 0.2) is 18.2 Å². The highest BCUT2D eigenvalue weighted by molar-refractivity contribution is 5.83. The van der Waals surface area contributed by atoms with Gasteiger partial charge < -0.3 is 5.73 Å². The van der Waals surface area contributed by atoms with E-state index in [1.807, 2.05) is 0 Å². The Morgan fingerprint density at radius 3 is 2.72 bits per heavy atom. The largest absolute Gasteiger partial charge is 0.330 e. The maximum Gasteiger partial charge on any atom is 0.159 e. The Morgan fingerprint density at radius 1 is 1.28 bits per heavy atom. The number of rotatable bonds is 4. The summed E-state index contributed by atoms with van der Waals surface area (Å²) in [7, 11) is 0. The minimum atomic E-state index is -0.901. The minimum absolute atomic E-state index is 0.0110. The molecule has 2 nitrogen and oxygen atoms in total. The number of benzene rings is 1. The summed E-state index contributed by atoms with van der Waals surface area (Å²) >= 11 is 0. The molecule has 2 N–H and O–H groups in total. The van der Waals surface area contributed by atoms with Crippen LogP contribution in [0, 0.1) is 23.5 Å². The van der Waals surface area contributed by atoms with Gasteiger partial charge in [0.15, 0.2) is 11.6 Å². The average molecular weight is 253 g/mol. The smallest absolute Gasteiger partial charge is 0.159 e. The second-order valence-electron chi connectivity index (χ2n) is 4.92. The summed E-state index contributed by atoms with van der Waals surface area (Å²) in [6, 6.07) is 3.62. The Kier molecular flexibility index (Phi) is 4.07. The van der Waals surface area contributed by atoms with Crippen LogP contribution in [-0.2, 0) is 11.2 Å². The lowest BCUT2D eigenvalue weighted by atomic mass is 9.89. The van der Waals surface area contributed by atoms with Crippen molar-refractivity contribution >= 4 is 5.78 Å². The van der Waals surface area contributed by atoms with Gasteiger partial charge in [-0.15, -0.1) is 0 Å². The normalized spacial score (nSPS) is 23.3. The number of halogens is 2. The molecule has 0 saturated heterocycles. The first-order valence-electron chi connectivity index (χ1n) is 6.28. The fourth-order valence-corrected chi connectivity index (χ4v) is 2.72.